The van der Waals surface area contributed by atoms with E-state index in [0.29, 0.717) is 11.7 Å². The smallest absolute Gasteiger partial charge is 0.157 e. The van der Waals surface area contributed by atoms with E-state index >= 15 is 0 Å². The number of hydrogen-bond donors (Lipinski definition) is 1. The maximum atomic E-state index is 6.19. The van der Waals surface area contributed by atoms with Gasteiger partial charge in [0.1, 0.15) is 5.82 Å². The van der Waals surface area contributed by atoms with Gasteiger partial charge in [-0.1, -0.05) is 30.3 Å². The molecule has 5 heteroatoms. The van der Waals surface area contributed by atoms with Crippen LogP contribution in [0.3, 0.4) is 0 Å². The Balaban J connectivity index is 1.47. The monoisotopic (exact) mass is 335 g/mol. The van der Waals surface area contributed by atoms with Crippen LogP contribution in [-0.4, -0.2) is 39.1 Å². The zero-order chi connectivity index (χ0) is 17.2. The van der Waals surface area contributed by atoms with Crippen molar-refractivity contribution in [1.29, 1.82) is 0 Å². The molecule has 1 aliphatic heterocycles. The third kappa shape index (κ3) is 3.51. The Hall–Kier alpha value is -2.40. The zero-order valence-corrected chi connectivity index (χ0v) is 14.7. The quantitative estimate of drug-likeness (QED) is 0.796. The first kappa shape index (κ1) is 16.1. The Bertz CT molecular complexity index is 855. The van der Waals surface area contributed by atoms with Crippen molar-refractivity contribution in [2.45, 2.75) is 32.1 Å². The fraction of sp³-hybridized carbons (Fsp3) is 0.400. The van der Waals surface area contributed by atoms with Gasteiger partial charge in [0.25, 0.3) is 0 Å². The second kappa shape index (κ2) is 6.84. The van der Waals surface area contributed by atoms with Gasteiger partial charge >= 0.3 is 0 Å². The fourth-order valence-corrected chi connectivity index (χ4v) is 3.77. The van der Waals surface area contributed by atoms with Crippen LogP contribution in [0.4, 0.5) is 5.82 Å². The number of anilines is 1. The largest absolute Gasteiger partial charge is 0.384 e. The Kier molecular flexibility index (Phi) is 4.40. The maximum Gasteiger partial charge on any atom is 0.157 e. The lowest BCUT2D eigenvalue weighted by Crippen LogP contribution is -2.36. The van der Waals surface area contributed by atoms with Crippen LogP contribution in [0, 0.1) is 6.92 Å². The molecule has 5 nitrogen and oxygen atoms in total. The molecule has 2 aromatic heterocycles. The second-order valence-electron chi connectivity index (χ2n) is 7.04. The molecule has 3 aromatic rings. The molecule has 0 saturated carbocycles. The first-order valence-electron chi connectivity index (χ1n) is 9.08. The van der Waals surface area contributed by atoms with Crippen molar-refractivity contribution in [2.24, 2.45) is 0 Å². The van der Waals surface area contributed by atoms with E-state index in [1.165, 1.54) is 24.9 Å². The molecule has 1 aliphatic rings. The van der Waals surface area contributed by atoms with Crippen LogP contribution in [0.5, 0.6) is 0 Å². The molecule has 4 rings (SSSR count). The Labute approximate surface area is 148 Å². The highest BCUT2D eigenvalue weighted by Gasteiger charge is 2.23. The van der Waals surface area contributed by atoms with Crippen LogP contribution in [0.2, 0.25) is 0 Å². The van der Waals surface area contributed by atoms with Gasteiger partial charge in [-0.25, -0.2) is 4.98 Å². The summed E-state index contributed by atoms with van der Waals surface area (Å²) in [5.74, 6) is 1.13. The average molecular weight is 335 g/mol. The maximum absolute atomic E-state index is 6.19. The van der Waals surface area contributed by atoms with E-state index in [4.69, 9.17) is 10.7 Å². The van der Waals surface area contributed by atoms with Crippen LogP contribution in [0.25, 0.3) is 5.65 Å². The molecule has 25 heavy (non-hydrogen) atoms. The lowest BCUT2D eigenvalue weighted by Gasteiger charge is -2.32. The summed E-state index contributed by atoms with van der Waals surface area (Å²) in [5.41, 5.74) is 10.5. The van der Waals surface area contributed by atoms with Gasteiger partial charge in [-0.15, -0.1) is 0 Å². The summed E-state index contributed by atoms with van der Waals surface area (Å²) in [6.45, 7) is 5.30. The van der Waals surface area contributed by atoms with Crippen LogP contribution >= 0.6 is 0 Å². The topological polar surface area (TPSA) is 59.5 Å². The highest BCUT2D eigenvalue weighted by Crippen LogP contribution is 2.27. The predicted molar refractivity (Wildman–Crippen MR) is 101 cm³/mol. The number of nitrogen functional groups attached to an aromatic ring is 1. The molecule has 2 N–H and O–H groups in total. The van der Waals surface area contributed by atoms with Crippen LogP contribution in [0.15, 0.2) is 42.5 Å². The third-order valence-electron chi connectivity index (χ3n) is 5.08. The van der Waals surface area contributed by atoms with Gasteiger partial charge in [0.15, 0.2) is 5.65 Å². The number of likely N-dealkylation sites (tertiary alicyclic amines) is 1. The highest BCUT2D eigenvalue weighted by atomic mass is 15.3. The van der Waals surface area contributed by atoms with Crippen molar-refractivity contribution in [3.8, 4) is 0 Å². The molecule has 1 fully saturated rings. The fourth-order valence-electron chi connectivity index (χ4n) is 3.77. The number of nitrogens with two attached hydrogens (primary N) is 1. The molecule has 0 radical (unpaired) electrons. The number of fused-ring (bicyclic) bond motifs is 1. The summed E-state index contributed by atoms with van der Waals surface area (Å²) in [5, 5.41) is 4.40. The summed E-state index contributed by atoms with van der Waals surface area (Å²) < 4.78 is 1.73. The van der Waals surface area contributed by atoms with Crippen molar-refractivity contribution >= 4 is 11.5 Å². The molecule has 1 aromatic carbocycles. The van der Waals surface area contributed by atoms with Gasteiger partial charge in [-0.3, -0.25) is 0 Å². The van der Waals surface area contributed by atoms with E-state index < -0.39 is 0 Å². The number of benzene rings is 1. The average Bonchev–Trinajstić information content (AvgIpc) is 3.02. The first-order valence-corrected chi connectivity index (χ1v) is 9.08. The van der Waals surface area contributed by atoms with Crippen molar-refractivity contribution in [1.82, 2.24) is 19.5 Å². The van der Waals surface area contributed by atoms with Gasteiger partial charge in [0.2, 0.25) is 0 Å². The molecule has 1 atom stereocenters. The SMILES string of the molecule is Cc1cc2nc(C3CCCN(CCc4ccccc4)C3)cc(N)n2n1. The van der Waals surface area contributed by atoms with Crippen LogP contribution in [0.1, 0.15) is 35.7 Å². The summed E-state index contributed by atoms with van der Waals surface area (Å²) in [7, 11) is 0. The zero-order valence-electron chi connectivity index (χ0n) is 14.7. The number of rotatable bonds is 4. The van der Waals surface area contributed by atoms with Gasteiger partial charge in [0.05, 0.1) is 11.4 Å². The Morgan fingerprint density at radius 2 is 2.04 bits per heavy atom. The molecule has 0 spiro atoms. The van der Waals surface area contributed by atoms with Gasteiger partial charge < -0.3 is 10.6 Å². The summed E-state index contributed by atoms with van der Waals surface area (Å²) in [4.78, 5) is 7.39. The van der Waals surface area contributed by atoms with E-state index in [2.05, 4.69) is 40.3 Å². The number of aryl methyl sites for hydroxylation is 1. The first-order chi connectivity index (χ1) is 12.2. The molecule has 0 aliphatic carbocycles. The van der Waals surface area contributed by atoms with Gasteiger partial charge in [-0.05, 0) is 38.3 Å². The minimum absolute atomic E-state index is 0.451. The van der Waals surface area contributed by atoms with Crippen LogP contribution < -0.4 is 5.73 Å². The highest BCUT2D eigenvalue weighted by molar-refractivity contribution is 5.48. The normalized spacial score (nSPS) is 18.7. The summed E-state index contributed by atoms with van der Waals surface area (Å²) >= 11 is 0. The van der Waals surface area contributed by atoms with E-state index in [9.17, 15) is 0 Å². The predicted octanol–water partition coefficient (Wildman–Crippen LogP) is 3.04. The summed E-state index contributed by atoms with van der Waals surface area (Å²) in [6, 6.07) is 14.7. The van der Waals surface area contributed by atoms with E-state index in [0.717, 1.165) is 36.5 Å². The van der Waals surface area contributed by atoms with Crippen molar-refractivity contribution in [3.05, 3.63) is 59.4 Å². The Morgan fingerprint density at radius 3 is 2.88 bits per heavy atom. The second-order valence-corrected chi connectivity index (χ2v) is 7.04. The Morgan fingerprint density at radius 1 is 1.20 bits per heavy atom. The van der Waals surface area contributed by atoms with E-state index in [1.54, 1.807) is 4.52 Å². The molecular formula is C20H25N5. The summed E-state index contributed by atoms with van der Waals surface area (Å²) in [6.07, 6.45) is 3.49. The lowest BCUT2D eigenvalue weighted by molar-refractivity contribution is 0.208. The lowest BCUT2D eigenvalue weighted by atomic mass is 9.94. The third-order valence-corrected chi connectivity index (χ3v) is 5.08. The van der Waals surface area contributed by atoms with Crippen molar-refractivity contribution in [2.75, 3.05) is 25.4 Å². The van der Waals surface area contributed by atoms with Crippen molar-refractivity contribution in [3.63, 3.8) is 0 Å². The molecule has 0 amide bonds. The van der Waals surface area contributed by atoms with E-state index in [1.807, 2.05) is 19.1 Å². The molecule has 1 saturated heterocycles. The van der Waals surface area contributed by atoms with E-state index in [-0.39, 0.29) is 0 Å². The number of piperidine rings is 1. The molecule has 3 heterocycles. The molecule has 0 bridgehead atoms. The molecule has 1 unspecified atom stereocenters. The van der Waals surface area contributed by atoms with Crippen LogP contribution in [-0.2, 0) is 6.42 Å². The van der Waals surface area contributed by atoms with Crippen molar-refractivity contribution < 1.29 is 0 Å². The number of hydrogen-bond acceptors (Lipinski definition) is 4. The standard InChI is InChI=1S/C20H25N5/c1-15-12-20-22-18(13-19(21)25(20)23-15)17-8-5-10-24(14-17)11-9-16-6-3-2-4-7-16/h2-4,6-7,12-13,17H,5,8-11,14,21H2,1H3. The molecule has 130 valence electrons. The molecular weight excluding hydrogens is 310 g/mol. The minimum atomic E-state index is 0.451. The van der Waals surface area contributed by atoms with Gasteiger partial charge in [0, 0.05) is 31.1 Å². The van der Waals surface area contributed by atoms with Gasteiger partial charge in [-0.2, -0.15) is 9.61 Å². The minimum Gasteiger partial charge on any atom is -0.384 e. The number of nitrogens with zero attached hydrogens (tertiary/aromatic N) is 4. The number of aromatic nitrogens is 3.